The lowest BCUT2D eigenvalue weighted by Gasteiger charge is -2.02. The van der Waals surface area contributed by atoms with E-state index in [-0.39, 0.29) is 11.5 Å². The molecule has 1 aromatic rings. The summed E-state index contributed by atoms with van der Waals surface area (Å²) in [4.78, 5) is 11.6. The Labute approximate surface area is 88.3 Å². The summed E-state index contributed by atoms with van der Waals surface area (Å²) in [5.41, 5.74) is 5.86. The highest BCUT2D eigenvalue weighted by Gasteiger charge is 2.22. The summed E-state index contributed by atoms with van der Waals surface area (Å²) in [6, 6.07) is 4.26. The molecule has 1 aliphatic carbocycles. The van der Waals surface area contributed by atoms with Crippen molar-refractivity contribution in [3.8, 4) is 0 Å². The highest BCUT2D eigenvalue weighted by Crippen LogP contribution is 2.33. The number of rotatable bonds is 4. The number of hydrogen-bond donors (Lipinski definition) is 1. The van der Waals surface area contributed by atoms with E-state index in [4.69, 9.17) is 5.73 Å². The van der Waals surface area contributed by atoms with E-state index >= 15 is 0 Å². The summed E-state index contributed by atoms with van der Waals surface area (Å²) >= 11 is 0. The molecule has 2 N–H and O–H groups in total. The summed E-state index contributed by atoms with van der Waals surface area (Å²) in [5, 5.41) is 0. The van der Waals surface area contributed by atoms with Gasteiger partial charge in [0.15, 0.2) is 5.78 Å². The second-order valence-corrected chi connectivity index (χ2v) is 4.14. The first-order valence-electron chi connectivity index (χ1n) is 5.25. The van der Waals surface area contributed by atoms with Crippen molar-refractivity contribution in [2.75, 3.05) is 5.73 Å². The minimum absolute atomic E-state index is 0.0146. The van der Waals surface area contributed by atoms with Crippen LogP contribution in [0.15, 0.2) is 18.2 Å². The van der Waals surface area contributed by atoms with Gasteiger partial charge in [-0.05, 0) is 30.5 Å². The second-order valence-electron chi connectivity index (χ2n) is 4.14. The van der Waals surface area contributed by atoms with E-state index in [1.54, 1.807) is 6.07 Å². The lowest BCUT2D eigenvalue weighted by atomic mass is 10.0. The fourth-order valence-corrected chi connectivity index (χ4v) is 1.59. The molecule has 0 unspecified atom stereocenters. The Morgan fingerprint density at radius 2 is 2.20 bits per heavy atom. The maximum atomic E-state index is 13.1. The number of Topliss-reactive ketones (excluding diaryl/α,β-unsaturated/α-hetero) is 1. The van der Waals surface area contributed by atoms with E-state index in [1.165, 1.54) is 25.0 Å². The van der Waals surface area contributed by atoms with Crippen LogP contribution in [0.1, 0.15) is 36.0 Å². The van der Waals surface area contributed by atoms with E-state index in [1.807, 2.05) is 0 Å². The Kier molecular flexibility index (Phi) is 2.71. The van der Waals surface area contributed by atoms with E-state index in [0.29, 0.717) is 12.0 Å². The van der Waals surface area contributed by atoms with E-state index in [0.717, 1.165) is 12.3 Å². The Hall–Kier alpha value is -1.38. The smallest absolute Gasteiger partial charge is 0.162 e. The van der Waals surface area contributed by atoms with Crippen LogP contribution < -0.4 is 5.73 Å². The second kappa shape index (κ2) is 4.01. The fourth-order valence-electron chi connectivity index (χ4n) is 1.59. The van der Waals surface area contributed by atoms with E-state index < -0.39 is 5.82 Å². The summed E-state index contributed by atoms with van der Waals surface area (Å²) < 4.78 is 13.1. The van der Waals surface area contributed by atoms with Crippen LogP contribution in [0.3, 0.4) is 0 Å². The van der Waals surface area contributed by atoms with Crippen molar-refractivity contribution in [3.05, 3.63) is 29.6 Å². The highest BCUT2D eigenvalue weighted by atomic mass is 19.1. The first-order valence-corrected chi connectivity index (χ1v) is 5.25. The van der Waals surface area contributed by atoms with Gasteiger partial charge in [-0.3, -0.25) is 4.79 Å². The minimum atomic E-state index is -0.507. The molecular formula is C12H14FNO. The van der Waals surface area contributed by atoms with Crippen LogP contribution in [0.2, 0.25) is 0 Å². The molecule has 1 saturated carbocycles. The van der Waals surface area contributed by atoms with Crippen molar-refractivity contribution < 1.29 is 9.18 Å². The summed E-state index contributed by atoms with van der Waals surface area (Å²) in [5.74, 6) is 0.237. The Morgan fingerprint density at radius 1 is 1.47 bits per heavy atom. The van der Waals surface area contributed by atoms with Gasteiger partial charge in [0.25, 0.3) is 0 Å². The van der Waals surface area contributed by atoms with Crippen molar-refractivity contribution in [2.24, 2.45) is 5.92 Å². The molecule has 0 amide bonds. The molecule has 3 heteroatoms. The molecule has 0 radical (unpaired) electrons. The van der Waals surface area contributed by atoms with Gasteiger partial charge in [-0.1, -0.05) is 12.8 Å². The number of hydrogen-bond acceptors (Lipinski definition) is 2. The van der Waals surface area contributed by atoms with Crippen LogP contribution in [-0.2, 0) is 0 Å². The largest absolute Gasteiger partial charge is 0.396 e. The maximum Gasteiger partial charge on any atom is 0.162 e. The quantitative estimate of drug-likeness (QED) is 0.609. The molecule has 0 aliphatic heterocycles. The van der Waals surface area contributed by atoms with E-state index in [2.05, 4.69) is 0 Å². The van der Waals surface area contributed by atoms with Crippen LogP contribution in [0.4, 0.5) is 10.1 Å². The Morgan fingerprint density at radius 3 is 2.80 bits per heavy atom. The molecule has 0 spiro atoms. The van der Waals surface area contributed by atoms with Crippen molar-refractivity contribution >= 4 is 11.5 Å². The third-order valence-electron chi connectivity index (χ3n) is 2.80. The molecule has 2 rings (SSSR count). The van der Waals surface area contributed by atoms with Gasteiger partial charge < -0.3 is 5.73 Å². The van der Waals surface area contributed by atoms with Crippen molar-refractivity contribution in [1.82, 2.24) is 0 Å². The number of benzene rings is 1. The third-order valence-corrected chi connectivity index (χ3v) is 2.80. The molecule has 1 fully saturated rings. The number of halogens is 1. The van der Waals surface area contributed by atoms with Gasteiger partial charge in [-0.15, -0.1) is 0 Å². The fraction of sp³-hybridized carbons (Fsp3) is 0.417. The predicted octanol–water partition coefficient (Wildman–Crippen LogP) is 2.78. The lowest BCUT2D eigenvalue weighted by Crippen LogP contribution is -2.01. The first kappa shape index (κ1) is 10.1. The molecule has 1 aromatic carbocycles. The van der Waals surface area contributed by atoms with Crippen LogP contribution in [0.5, 0.6) is 0 Å². The maximum absolute atomic E-state index is 13.1. The topological polar surface area (TPSA) is 43.1 Å². The SMILES string of the molecule is Nc1ccc(C(=O)CCC2CC2)cc1F. The van der Waals surface area contributed by atoms with E-state index in [9.17, 15) is 9.18 Å². The van der Waals surface area contributed by atoms with Crippen LogP contribution in [-0.4, -0.2) is 5.78 Å². The lowest BCUT2D eigenvalue weighted by molar-refractivity contribution is 0.0977. The van der Waals surface area contributed by atoms with Gasteiger partial charge in [0.1, 0.15) is 5.82 Å². The van der Waals surface area contributed by atoms with Gasteiger partial charge in [-0.25, -0.2) is 4.39 Å². The molecule has 0 heterocycles. The van der Waals surface area contributed by atoms with Gasteiger partial charge in [-0.2, -0.15) is 0 Å². The molecule has 0 aromatic heterocycles. The Bertz CT molecular complexity index is 385. The zero-order chi connectivity index (χ0) is 10.8. The van der Waals surface area contributed by atoms with Crippen molar-refractivity contribution in [2.45, 2.75) is 25.7 Å². The third kappa shape index (κ3) is 2.55. The number of carbonyl (C=O) groups excluding carboxylic acids is 1. The van der Waals surface area contributed by atoms with Gasteiger partial charge >= 0.3 is 0 Å². The average Bonchev–Trinajstić information content (AvgIpc) is 3.02. The monoisotopic (exact) mass is 207 g/mol. The Balaban J connectivity index is 2.00. The summed E-state index contributed by atoms with van der Waals surface area (Å²) in [6.45, 7) is 0. The highest BCUT2D eigenvalue weighted by molar-refractivity contribution is 5.96. The molecule has 0 bridgehead atoms. The molecule has 0 saturated heterocycles. The standard InChI is InChI=1S/C12H14FNO/c13-10-7-9(4-5-11(10)14)12(15)6-3-8-1-2-8/h4-5,7-8H,1-3,6,14H2. The average molecular weight is 207 g/mol. The van der Waals surface area contributed by atoms with Gasteiger partial charge in [0, 0.05) is 12.0 Å². The van der Waals surface area contributed by atoms with Crippen LogP contribution >= 0.6 is 0 Å². The van der Waals surface area contributed by atoms with Gasteiger partial charge in [0.2, 0.25) is 0 Å². The summed E-state index contributed by atoms with van der Waals surface area (Å²) in [6.07, 6.45) is 3.94. The first-order chi connectivity index (χ1) is 7.16. The number of anilines is 1. The minimum Gasteiger partial charge on any atom is -0.396 e. The van der Waals surface area contributed by atoms with Crippen LogP contribution in [0.25, 0.3) is 0 Å². The molecule has 2 nitrogen and oxygen atoms in total. The number of nitrogen functional groups attached to an aromatic ring is 1. The zero-order valence-electron chi connectivity index (χ0n) is 8.50. The molecule has 80 valence electrons. The number of ketones is 1. The molecule has 0 atom stereocenters. The number of nitrogens with two attached hydrogens (primary N) is 1. The normalized spacial score (nSPS) is 15.3. The van der Waals surface area contributed by atoms with Crippen molar-refractivity contribution in [1.29, 1.82) is 0 Å². The zero-order valence-corrected chi connectivity index (χ0v) is 8.50. The molecular weight excluding hydrogens is 193 g/mol. The van der Waals surface area contributed by atoms with Crippen molar-refractivity contribution in [3.63, 3.8) is 0 Å². The number of carbonyl (C=O) groups is 1. The molecule has 15 heavy (non-hydrogen) atoms. The van der Waals surface area contributed by atoms with Gasteiger partial charge in [0.05, 0.1) is 5.69 Å². The predicted molar refractivity (Wildman–Crippen MR) is 57.1 cm³/mol. The molecule has 1 aliphatic rings. The summed E-state index contributed by atoms with van der Waals surface area (Å²) in [7, 11) is 0. The van der Waals surface area contributed by atoms with Crippen LogP contribution in [0, 0.1) is 11.7 Å².